The maximum absolute atomic E-state index is 5.27. The monoisotopic (exact) mass is 206 g/mol. The van der Waals surface area contributed by atoms with Gasteiger partial charge in [-0.25, -0.2) is 9.98 Å². The second-order valence-corrected chi connectivity index (χ2v) is 3.10. The first-order valence-corrected chi connectivity index (χ1v) is 4.28. The van der Waals surface area contributed by atoms with Crippen LogP contribution in [0.5, 0.6) is 0 Å². The molecule has 0 aliphatic carbocycles. The van der Waals surface area contributed by atoms with E-state index in [1.54, 1.807) is 6.07 Å². The third-order valence-electron chi connectivity index (χ3n) is 1.56. The van der Waals surface area contributed by atoms with E-state index in [9.17, 15) is 0 Å². The van der Waals surface area contributed by atoms with Crippen LogP contribution < -0.4 is 22.9 Å². The minimum Gasteiger partial charge on any atom is -0.370 e. The summed E-state index contributed by atoms with van der Waals surface area (Å²) >= 11 is 0. The quantitative estimate of drug-likeness (QED) is 0.394. The Morgan fingerprint density at radius 2 is 1.27 bits per heavy atom. The number of nitrogens with zero attached hydrogens (tertiary/aromatic N) is 2. The summed E-state index contributed by atoms with van der Waals surface area (Å²) in [5.74, 6) is -0.00694. The van der Waals surface area contributed by atoms with E-state index < -0.39 is 0 Å². The van der Waals surface area contributed by atoms with Gasteiger partial charge in [0.25, 0.3) is 0 Å². The molecule has 6 heteroatoms. The maximum Gasteiger partial charge on any atom is 0.191 e. The van der Waals surface area contributed by atoms with Crippen LogP contribution >= 0.6 is 0 Å². The van der Waals surface area contributed by atoms with E-state index in [-0.39, 0.29) is 11.9 Å². The number of aliphatic imine (C=N–C) groups is 2. The molecule has 0 bridgehead atoms. The highest BCUT2D eigenvalue weighted by Gasteiger charge is 1.97. The summed E-state index contributed by atoms with van der Waals surface area (Å²) in [6, 6.07) is 5.34. The van der Waals surface area contributed by atoms with Gasteiger partial charge in [-0.3, -0.25) is 0 Å². The van der Waals surface area contributed by atoms with Crippen molar-refractivity contribution in [3.63, 3.8) is 0 Å². The van der Waals surface area contributed by atoms with Gasteiger partial charge >= 0.3 is 0 Å². The van der Waals surface area contributed by atoms with Crippen LogP contribution in [0.1, 0.15) is 5.56 Å². The van der Waals surface area contributed by atoms with Crippen LogP contribution in [-0.4, -0.2) is 11.9 Å². The lowest BCUT2D eigenvalue weighted by molar-refractivity contribution is 1.35. The zero-order valence-electron chi connectivity index (χ0n) is 8.44. The molecule has 80 valence electrons. The average molecular weight is 206 g/mol. The van der Waals surface area contributed by atoms with Crippen molar-refractivity contribution in [2.24, 2.45) is 32.9 Å². The fourth-order valence-electron chi connectivity index (χ4n) is 1.17. The highest BCUT2D eigenvalue weighted by molar-refractivity contribution is 5.81. The Morgan fingerprint density at radius 3 is 1.60 bits per heavy atom. The van der Waals surface area contributed by atoms with Crippen molar-refractivity contribution in [1.82, 2.24) is 0 Å². The molecule has 0 aromatic heterocycles. The zero-order valence-corrected chi connectivity index (χ0v) is 8.44. The Hall–Kier alpha value is -2.24. The normalized spacial score (nSPS) is 9.40. The number of benzene rings is 1. The molecule has 0 fully saturated rings. The molecule has 6 nitrogen and oxygen atoms in total. The van der Waals surface area contributed by atoms with Crippen molar-refractivity contribution < 1.29 is 0 Å². The molecule has 1 aromatic carbocycles. The summed E-state index contributed by atoms with van der Waals surface area (Å²) in [6.07, 6.45) is 0. The van der Waals surface area contributed by atoms with Crippen LogP contribution in [0, 0.1) is 6.92 Å². The van der Waals surface area contributed by atoms with Crippen LogP contribution in [0.2, 0.25) is 0 Å². The first-order chi connectivity index (χ1) is 6.97. The van der Waals surface area contributed by atoms with Crippen LogP contribution in [0.3, 0.4) is 0 Å². The molecule has 0 saturated carbocycles. The van der Waals surface area contributed by atoms with Crippen LogP contribution in [-0.2, 0) is 0 Å². The van der Waals surface area contributed by atoms with Crippen molar-refractivity contribution in [1.29, 1.82) is 0 Å². The summed E-state index contributed by atoms with van der Waals surface area (Å²) in [4.78, 5) is 7.82. The maximum atomic E-state index is 5.27. The Morgan fingerprint density at radius 1 is 0.867 bits per heavy atom. The third kappa shape index (κ3) is 3.55. The van der Waals surface area contributed by atoms with Crippen LogP contribution in [0.25, 0.3) is 0 Å². The molecule has 0 heterocycles. The van der Waals surface area contributed by atoms with Crippen LogP contribution in [0.4, 0.5) is 11.4 Å². The van der Waals surface area contributed by atoms with Gasteiger partial charge in [0.2, 0.25) is 0 Å². The summed E-state index contributed by atoms with van der Waals surface area (Å²) in [5, 5.41) is 0. The minimum atomic E-state index is -0.00347. The highest BCUT2D eigenvalue weighted by atomic mass is 15.0. The Balaban J connectivity index is 3.17. The lowest BCUT2D eigenvalue weighted by atomic mass is 10.2. The molecule has 8 N–H and O–H groups in total. The first-order valence-electron chi connectivity index (χ1n) is 4.28. The van der Waals surface area contributed by atoms with Crippen molar-refractivity contribution >= 4 is 23.3 Å². The van der Waals surface area contributed by atoms with Gasteiger partial charge in [0.1, 0.15) is 0 Å². The Labute approximate surface area is 87.7 Å². The first kappa shape index (κ1) is 10.8. The summed E-state index contributed by atoms with van der Waals surface area (Å²) in [6.45, 7) is 1.90. The molecule has 1 aromatic rings. The van der Waals surface area contributed by atoms with E-state index in [0.717, 1.165) is 5.56 Å². The topological polar surface area (TPSA) is 129 Å². The molecule has 0 unspecified atom stereocenters. The highest BCUT2D eigenvalue weighted by Crippen LogP contribution is 2.22. The number of aryl methyl sites for hydroxylation is 1. The molecule has 0 saturated heterocycles. The summed E-state index contributed by atoms with van der Waals surface area (Å²) in [5.41, 5.74) is 23.3. The third-order valence-corrected chi connectivity index (χ3v) is 1.56. The minimum absolute atomic E-state index is 0.00347. The van der Waals surface area contributed by atoms with E-state index >= 15 is 0 Å². The molecule has 0 aliphatic heterocycles. The predicted octanol–water partition coefficient (Wildman–Crippen LogP) is -0.195. The molecular weight excluding hydrogens is 192 g/mol. The van der Waals surface area contributed by atoms with E-state index in [2.05, 4.69) is 9.98 Å². The molecule has 0 spiro atoms. The van der Waals surface area contributed by atoms with E-state index in [1.165, 1.54) is 0 Å². The molecule has 0 atom stereocenters. The summed E-state index contributed by atoms with van der Waals surface area (Å²) < 4.78 is 0. The number of hydrogen-bond acceptors (Lipinski definition) is 2. The summed E-state index contributed by atoms with van der Waals surface area (Å²) in [7, 11) is 0. The predicted molar refractivity (Wildman–Crippen MR) is 62.1 cm³/mol. The molecular formula is C9H14N6. The Bertz CT molecular complexity index is 376. The number of nitrogens with two attached hydrogens (primary N) is 4. The molecule has 0 amide bonds. The number of hydrogen-bond donors (Lipinski definition) is 4. The van der Waals surface area contributed by atoms with Gasteiger partial charge in [0, 0.05) is 0 Å². The second-order valence-electron chi connectivity index (χ2n) is 3.10. The molecule has 1 rings (SSSR count). The number of guanidine groups is 2. The van der Waals surface area contributed by atoms with Gasteiger partial charge in [0.15, 0.2) is 11.9 Å². The second kappa shape index (κ2) is 4.32. The zero-order chi connectivity index (χ0) is 11.4. The SMILES string of the molecule is Cc1cc(N=C(N)N)cc(N=C(N)N)c1. The fourth-order valence-corrected chi connectivity index (χ4v) is 1.17. The van der Waals surface area contributed by atoms with Crippen LogP contribution in [0.15, 0.2) is 28.2 Å². The average Bonchev–Trinajstić information content (AvgIpc) is 1.98. The van der Waals surface area contributed by atoms with Gasteiger partial charge in [0.05, 0.1) is 11.4 Å². The van der Waals surface area contributed by atoms with Gasteiger partial charge in [-0.05, 0) is 30.7 Å². The molecule has 0 radical (unpaired) electrons. The van der Waals surface area contributed by atoms with Gasteiger partial charge < -0.3 is 22.9 Å². The largest absolute Gasteiger partial charge is 0.370 e. The van der Waals surface area contributed by atoms with Crippen molar-refractivity contribution in [2.75, 3.05) is 0 Å². The van der Waals surface area contributed by atoms with Crippen molar-refractivity contribution in [3.8, 4) is 0 Å². The van der Waals surface area contributed by atoms with Crippen molar-refractivity contribution in [3.05, 3.63) is 23.8 Å². The molecule has 15 heavy (non-hydrogen) atoms. The van der Waals surface area contributed by atoms with Gasteiger partial charge in [-0.2, -0.15) is 0 Å². The van der Waals surface area contributed by atoms with E-state index in [0.29, 0.717) is 11.4 Å². The fraction of sp³-hybridized carbons (Fsp3) is 0.111. The lowest BCUT2D eigenvalue weighted by Gasteiger charge is -2.01. The van der Waals surface area contributed by atoms with E-state index in [4.69, 9.17) is 22.9 Å². The van der Waals surface area contributed by atoms with Gasteiger partial charge in [-0.1, -0.05) is 0 Å². The number of rotatable bonds is 2. The van der Waals surface area contributed by atoms with Gasteiger partial charge in [-0.15, -0.1) is 0 Å². The van der Waals surface area contributed by atoms with E-state index in [1.807, 2.05) is 19.1 Å². The smallest absolute Gasteiger partial charge is 0.191 e. The molecule has 0 aliphatic rings. The Kier molecular flexibility index (Phi) is 3.12. The van der Waals surface area contributed by atoms with Crippen molar-refractivity contribution in [2.45, 2.75) is 6.92 Å². The lowest BCUT2D eigenvalue weighted by Crippen LogP contribution is -2.22. The standard InChI is InChI=1S/C9H14N6/c1-5-2-6(14-8(10)11)4-7(3-5)15-9(12)13/h2-4H,1H3,(H4,10,11,14)(H4,12,13,15).